The molecule has 11 heavy (non-hydrogen) atoms. The molecule has 0 aliphatic carbocycles. The molecule has 0 radical (unpaired) electrons. The molecule has 0 aliphatic rings. The van der Waals surface area contributed by atoms with Crippen LogP contribution in [0.4, 0.5) is 0 Å². The molecule has 2 heteroatoms. The van der Waals surface area contributed by atoms with E-state index >= 15 is 0 Å². The van der Waals surface area contributed by atoms with Crippen LogP contribution in [0.1, 0.15) is 1.43 Å². The lowest BCUT2D eigenvalue weighted by Gasteiger charge is -1.81. The van der Waals surface area contributed by atoms with Gasteiger partial charge < -0.3 is 0 Å². The zero-order valence-electron chi connectivity index (χ0n) is 6.90. The lowest BCUT2D eigenvalue weighted by atomic mass is 10.2. The van der Waals surface area contributed by atoms with Gasteiger partial charge in [0.15, 0.2) is 0 Å². The van der Waals surface area contributed by atoms with E-state index in [4.69, 9.17) is 0 Å². The second-order valence-corrected chi connectivity index (χ2v) is 2.44. The van der Waals surface area contributed by atoms with Gasteiger partial charge in [0.2, 0.25) is 6.41 Å². The first-order chi connectivity index (χ1) is 5.40. The lowest BCUT2D eigenvalue weighted by Crippen LogP contribution is -1.86. The molecular formula is C9H8NO+. The number of hydrogen-bond donors (Lipinski definition) is 0. The van der Waals surface area contributed by atoms with E-state index in [0.29, 0.717) is 0 Å². The summed E-state index contributed by atoms with van der Waals surface area (Å²) in [7, 11) is 0. The Labute approximate surface area is 65.5 Å². The minimum absolute atomic E-state index is 0. The summed E-state index contributed by atoms with van der Waals surface area (Å²) in [6.07, 6.45) is 4.41. The zero-order valence-corrected chi connectivity index (χ0v) is 5.90. The van der Waals surface area contributed by atoms with Gasteiger partial charge in [0.05, 0.1) is 0 Å². The molecular weight excluding hydrogens is 138 g/mol. The van der Waals surface area contributed by atoms with E-state index in [1.54, 1.807) is 0 Å². The third-order valence-corrected chi connectivity index (χ3v) is 1.69. The number of carbonyl (C=O) groups is 1. The highest BCUT2D eigenvalue weighted by Crippen LogP contribution is 2.12. The number of benzene rings is 1. The number of nitrogens with zero attached hydrogens (tertiary/aromatic N) is 1. The Balaban J connectivity index is 0.000000720. The third kappa shape index (κ3) is 0.923. The molecule has 0 amide bonds. The van der Waals surface area contributed by atoms with Gasteiger partial charge in [-0.3, -0.25) is 9.36 Å². The lowest BCUT2D eigenvalue weighted by molar-refractivity contribution is 0.547. The van der Waals surface area contributed by atoms with Crippen LogP contribution in [0.15, 0.2) is 36.7 Å². The molecule has 2 rings (SSSR count). The molecule has 0 atom stereocenters. The summed E-state index contributed by atoms with van der Waals surface area (Å²) in [6.45, 7) is 0. The Hall–Kier alpha value is -1.57. The van der Waals surface area contributed by atoms with Gasteiger partial charge in [0.25, 0.3) is 0 Å². The summed E-state index contributed by atoms with van der Waals surface area (Å²) in [5, 5.41) is 2.19. The van der Waals surface area contributed by atoms with Crippen LogP contribution in [0.25, 0.3) is 10.8 Å². The van der Waals surface area contributed by atoms with Crippen molar-refractivity contribution >= 4 is 17.2 Å². The first kappa shape index (κ1) is 6.16. The maximum atomic E-state index is 10.3. The van der Waals surface area contributed by atoms with E-state index in [-0.39, 0.29) is 1.43 Å². The fraction of sp³-hybridized carbons (Fsp3) is 0. The van der Waals surface area contributed by atoms with Crippen molar-refractivity contribution in [2.75, 3.05) is 0 Å². The summed E-state index contributed by atoms with van der Waals surface area (Å²) >= 11 is 0. The van der Waals surface area contributed by atoms with E-state index < -0.39 is 0 Å². The highest BCUT2D eigenvalue weighted by atomic mass is 16.1. The fourth-order valence-electron chi connectivity index (χ4n) is 1.17. The van der Waals surface area contributed by atoms with Gasteiger partial charge in [-0.05, 0) is 10.8 Å². The molecule has 1 aromatic carbocycles. The van der Waals surface area contributed by atoms with Gasteiger partial charge in [0, 0.05) is 12.4 Å². The van der Waals surface area contributed by atoms with Crippen molar-refractivity contribution in [3.05, 3.63) is 36.7 Å². The smallest absolute Gasteiger partial charge is 0.296 e. The number of hydrogen-bond acceptors (Lipinski definition) is 1. The van der Waals surface area contributed by atoms with Crippen LogP contribution in [-0.2, 0) is 4.79 Å². The van der Waals surface area contributed by atoms with Gasteiger partial charge >= 0.3 is 1.43 Å². The minimum Gasteiger partial charge on any atom is -0.296 e. The Morgan fingerprint density at radius 2 is 1.73 bits per heavy atom. The van der Waals surface area contributed by atoms with E-state index in [1.165, 1.54) is 4.57 Å². The fourth-order valence-corrected chi connectivity index (χ4v) is 1.17. The monoisotopic (exact) mass is 146 g/mol. The van der Waals surface area contributed by atoms with Crippen molar-refractivity contribution in [1.82, 2.24) is 4.57 Å². The first-order valence-corrected chi connectivity index (χ1v) is 3.41. The molecule has 2 aromatic rings. The summed E-state index contributed by atoms with van der Waals surface area (Å²) in [6, 6.07) is 7.87. The van der Waals surface area contributed by atoms with Crippen molar-refractivity contribution in [3.63, 3.8) is 0 Å². The molecule has 0 aliphatic heterocycles. The molecule has 1 heterocycles. The quantitative estimate of drug-likeness (QED) is 0.562. The van der Waals surface area contributed by atoms with Gasteiger partial charge in [-0.25, -0.2) is 0 Å². The Bertz CT molecular complexity index is 361. The van der Waals surface area contributed by atoms with Crippen molar-refractivity contribution in [1.29, 1.82) is 0 Å². The molecule has 1 aromatic heterocycles. The zero-order chi connectivity index (χ0) is 7.68. The number of rotatable bonds is 1. The molecule has 2 nitrogen and oxygen atoms in total. The van der Waals surface area contributed by atoms with Crippen LogP contribution in [0.2, 0.25) is 0 Å². The van der Waals surface area contributed by atoms with Crippen LogP contribution in [0.5, 0.6) is 0 Å². The largest absolute Gasteiger partial charge is 1.00 e. The topological polar surface area (TPSA) is 22.0 Å². The molecule has 0 spiro atoms. The molecule has 0 saturated carbocycles. The molecule has 0 saturated heterocycles. The summed E-state index contributed by atoms with van der Waals surface area (Å²) in [5.74, 6) is 0. The van der Waals surface area contributed by atoms with E-state index in [2.05, 4.69) is 0 Å². The number of carbonyl (C=O) groups excluding carboxylic acids is 1. The maximum absolute atomic E-state index is 10.3. The second-order valence-electron chi connectivity index (χ2n) is 2.44. The predicted molar refractivity (Wildman–Crippen MR) is 45.2 cm³/mol. The average molecular weight is 146 g/mol. The highest BCUT2D eigenvalue weighted by Gasteiger charge is 1.93. The molecule has 0 fully saturated rings. The van der Waals surface area contributed by atoms with Crippen molar-refractivity contribution in [2.45, 2.75) is 0 Å². The van der Waals surface area contributed by atoms with Crippen molar-refractivity contribution in [3.8, 4) is 0 Å². The molecule has 0 unspecified atom stereocenters. The van der Waals surface area contributed by atoms with Gasteiger partial charge in [-0.1, -0.05) is 24.3 Å². The van der Waals surface area contributed by atoms with Gasteiger partial charge in [0.1, 0.15) is 0 Å². The van der Waals surface area contributed by atoms with Crippen LogP contribution < -0.4 is 0 Å². The minimum atomic E-state index is 0. The third-order valence-electron chi connectivity index (χ3n) is 1.69. The van der Waals surface area contributed by atoms with Crippen LogP contribution in [0.3, 0.4) is 0 Å². The van der Waals surface area contributed by atoms with E-state index in [0.717, 1.165) is 17.2 Å². The predicted octanol–water partition coefficient (Wildman–Crippen LogP) is 1.79. The van der Waals surface area contributed by atoms with Crippen molar-refractivity contribution < 1.29 is 6.22 Å². The number of aromatic nitrogens is 1. The molecule has 0 N–H and O–H groups in total. The van der Waals surface area contributed by atoms with Gasteiger partial charge in [-0.2, -0.15) is 0 Å². The van der Waals surface area contributed by atoms with Crippen LogP contribution >= 0.6 is 0 Å². The molecule has 54 valence electrons. The Morgan fingerprint density at radius 1 is 1.18 bits per heavy atom. The summed E-state index contributed by atoms with van der Waals surface area (Å²) < 4.78 is 1.52. The maximum Gasteiger partial charge on any atom is 1.00 e. The van der Waals surface area contributed by atoms with Crippen molar-refractivity contribution in [2.24, 2.45) is 0 Å². The standard InChI is InChI=1S/C9H7NO/c11-7-10-5-8-3-1-2-4-9(8)6-10/h1-7H/p+1. The van der Waals surface area contributed by atoms with Gasteiger partial charge in [-0.15, -0.1) is 0 Å². The highest BCUT2D eigenvalue weighted by molar-refractivity contribution is 5.84. The number of fused-ring (bicyclic) bond motifs is 1. The van der Waals surface area contributed by atoms with E-state index in [1.807, 2.05) is 36.7 Å². The average Bonchev–Trinajstić information content (AvgIpc) is 2.46. The molecule has 0 bridgehead atoms. The van der Waals surface area contributed by atoms with Crippen LogP contribution in [-0.4, -0.2) is 11.0 Å². The summed E-state index contributed by atoms with van der Waals surface area (Å²) in [4.78, 5) is 10.3. The Morgan fingerprint density at radius 3 is 2.18 bits per heavy atom. The van der Waals surface area contributed by atoms with E-state index in [9.17, 15) is 4.79 Å². The second kappa shape index (κ2) is 2.23. The first-order valence-electron chi connectivity index (χ1n) is 3.41. The Kier molecular flexibility index (Phi) is 1.25. The normalized spacial score (nSPS) is 10.2. The van der Waals surface area contributed by atoms with Crippen LogP contribution in [0, 0.1) is 0 Å². The SMILES string of the molecule is O=Cn1cc2ccccc2c1.[H+]. The summed E-state index contributed by atoms with van der Waals surface area (Å²) in [5.41, 5.74) is 0.